The summed E-state index contributed by atoms with van der Waals surface area (Å²) < 4.78 is 0.141. The van der Waals surface area contributed by atoms with E-state index in [1.54, 1.807) is 0 Å². The Kier molecular flexibility index (Phi) is 12.9. The van der Waals surface area contributed by atoms with Gasteiger partial charge in [-0.1, -0.05) is 0 Å². The van der Waals surface area contributed by atoms with Crippen LogP contribution < -0.4 is 0 Å². The van der Waals surface area contributed by atoms with Gasteiger partial charge in [0, 0.05) is 0 Å². The number of benzene rings is 4. The molecule has 6 rings (SSSR count). The van der Waals surface area contributed by atoms with E-state index in [2.05, 4.69) is 197 Å². The molecule has 0 nitrogen and oxygen atoms in total. The first-order valence-corrected chi connectivity index (χ1v) is 39.4. The molecule has 0 radical (unpaired) electrons. The molecule has 2 aliphatic carbocycles. The van der Waals surface area contributed by atoms with Crippen LogP contribution in [-0.2, 0) is 37.2 Å². The first-order chi connectivity index (χ1) is 27.5. The first kappa shape index (κ1) is 47.5. The van der Waals surface area contributed by atoms with Gasteiger partial charge in [0.1, 0.15) is 0 Å². The van der Waals surface area contributed by atoms with Crippen LogP contribution in [0.5, 0.6) is 0 Å². The van der Waals surface area contributed by atoms with Gasteiger partial charge in [-0.25, -0.2) is 0 Å². The summed E-state index contributed by atoms with van der Waals surface area (Å²) in [7, 11) is 18.1. The molecule has 4 aromatic carbocycles. The first-order valence-electron chi connectivity index (χ1n) is 23.1. The minimum atomic E-state index is -5.03. The fourth-order valence-corrected chi connectivity index (χ4v) is 41.9. The molecule has 0 heterocycles. The second-order valence-corrected chi connectivity index (χ2v) is 65.8. The zero-order valence-electron chi connectivity index (χ0n) is 40.7. The molecule has 0 amide bonds. The van der Waals surface area contributed by atoms with Gasteiger partial charge in [-0.05, 0) is 0 Å². The molecule has 2 atom stereocenters. The topological polar surface area (TPSA) is 0 Å². The molecule has 60 heavy (non-hydrogen) atoms. The molecule has 2 unspecified atom stereocenters. The average Bonchev–Trinajstić information content (AvgIpc) is 3.69. The molecular weight excluding hydrogens is 863 g/mol. The molecular formula is C56H77Cl2SiZr. The zero-order valence-corrected chi connectivity index (χ0v) is 45.9. The Morgan fingerprint density at radius 1 is 0.500 bits per heavy atom. The number of hydrogen-bond donors (Lipinski definition) is 0. The Morgan fingerprint density at radius 2 is 0.800 bits per heavy atom. The molecule has 0 saturated carbocycles. The summed E-state index contributed by atoms with van der Waals surface area (Å²) in [5, 5.41) is 0. The summed E-state index contributed by atoms with van der Waals surface area (Å²) in [6.07, 6.45) is 9.31. The van der Waals surface area contributed by atoms with E-state index in [4.69, 9.17) is 17.0 Å². The van der Waals surface area contributed by atoms with Crippen LogP contribution in [0.4, 0.5) is 0 Å². The van der Waals surface area contributed by atoms with Gasteiger partial charge in [0.2, 0.25) is 0 Å². The Labute approximate surface area is 375 Å². The number of aryl methyl sites for hydroxylation is 2. The molecule has 0 saturated heterocycles. The van der Waals surface area contributed by atoms with Crippen molar-refractivity contribution in [2.24, 2.45) is 0 Å². The molecule has 0 spiro atoms. The Bertz CT molecular complexity index is 2150. The van der Waals surface area contributed by atoms with Gasteiger partial charge in [-0.2, -0.15) is 0 Å². The van der Waals surface area contributed by atoms with E-state index in [1.807, 2.05) is 0 Å². The van der Waals surface area contributed by atoms with Crippen LogP contribution >= 0.6 is 17.0 Å². The third-order valence-corrected chi connectivity index (χ3v) is 66.0. The van der Waals surface area contributed by atoms with E-state index in [0.29, 0.717) is 0 Å². The van der Waals surface area contributed by atoms with Crippen molar-refractivity contribution in [3.05, 3.63) is 127 Å². The summed E-state index contributed by atoms with van der Waals surface area (Å²) in [5.74, 6) is -1.73. The van der Waals surface area contributed by atoms with Crippen molar-refractivity contribution in [3.8, 4) is 22.3 Å². The molecule has 4 heteroatoms. The molecule has 0 aliphatic heterocycles. The van der Waals surface area contributed by atoms with E-state index in [1.165, 1.54) is 89.0 Å². The molecule has 0 N–H and O–H groups in total. The van der Waals surface area contributed by atoms with Crippen molar-refractivity contribution in [3.63, 3.8) is 0 Å². The molecule has 0 bridgehead atoms. The van der Waals surface area contributed by atoms with Crippen LogP contribution in [0.2, 0.25) is 13.1 Å². The number of rotatable bonds is 9. The van der Waals surface area contributed by atoms with E-state index < -0.39 is 21.5 Å². The zero-order chi connectivity index (χ0) is 44.7. The van der Waals surface area contributed by atoms with Crippen molar-refractivity contribution in [2.45, 2.75) is 178 Å². The summed E-state index contributed by atoms with van der Waals surface area (Å²) in [5.41, 5.74) is 22.1. The molecule has 0 fully saturated rings. The van der Waals surface area contributed by atoms with Crippen molar-refractivity contribution in [1.82, 2.24) is 0 Å². The summed E-state index contributed by atoms with van der Waals surface area (Å²) >= 11 is -5.03. The second-order valence-electron chi connectivity index (χ2n) is 23.3. The average molecular weight is 940 g/mol. The Morgan fingerprint density at radius 3 is 1.05 bits per heavy atom. The van der Waals surface area contributed by atoms with Crippen LogP contribution in [0.3, 0.4) is 0 Å². The SMILES string of the molecule is CCCC1=Cc2c(ccc(C)c2-c2cc(C(C)(C)C)cc(C(C)(C)C)c2)[CH]1[Zr]([Cl])([Cl])([CH]1C(CCC)=Cc2c1ccc(C)c2-c1cc(C(C)(C)C)cc(C(C)(C)C)c1)[SiH](C)C. The van der Waals surface area contributed by atoms with E-state index in [-0.39, 0.29) is 28.9 Å². The van der Waals surface area contributed by atoms with Gasteiger partial charge in [0.25, 0.3) is 0 Å². The van der Waals surface area contributed by atoms with Gasteiger partial charge in [-0.15, -0.1) is 0 Å². The van der Waals surface area contributed by atoms with Crippen molar-refractivity contribution in [1.29, 1.82) is 0 Å². The van der Waals surface area contributed by atoms with Crippen LogP contribution in [-0.4, -0.2) is 5.92 Å². The van der Waals surface area contributed by atoms with Crippen LogP contribution in [0, 0.1) is 13.8 Å². The van der Waals surface area contributed by atoms with Gasteiger partial charge < -0.3 is 0 Å². The molecule has 2 aliphatic rings. The maximum atomic E-state index is 9.03. The predicted molar refractivity (Wildman–Crippen MR) is 270 cm³/mol. The van der Waals surface area contributed by atoms with Crippen molar-refractivity contribution in [2.75, 3.05) is 0 Å². The van der Waals surface area contributed by atoms with E-state index >= 15 is 0 Å². The third kappa shape index (κ3) is 8.41. The molecule has 323 valence electrons. The van der Waals surface area contributed by atoms with Gasteiger partial charge in [0.15, 0.2) is 0 Å². The van der Waals surface area contributed by atoms with E-state index in [9.17, 15) is 0 Å². The maximum absolute atomic E-state index is 9.03. The fourth-order valence-electron chi connectivity index (χ4n) is 10.4. The number of hydrogen-bond acceptors (Lipinski definition) is 0. The van der Waals surface area contributed by atoms with Crippen molar-refractivity contribution < 1.29 is 15.6 Å². The number of halogens is 2. The Balaban J connectivity index is 1.66. The third-order valence-electron chi connectivity index (χ3n) is 14.2. The van der Waals surface area contributed by atoms with Gasteiger partial charge in [0.05, 0.1) is 0 Å². The number of fused-ring (bicyclic) bond motifs is 2. The van der Waals surface area contributed by atoms with Crippen molar-refractivity contribution >= 4 is 35.1 Å². The van der Waals surface area contributed by atoms with Gasteiger partial charge in [-0.3, -0.25) is 0 Å². The van der Waals surface area contributed by atoms with Gasteiger partial charge >= 0.3 is 379 Å². The van der Waals surface area contributed by atoms with Crippen LogP contribution in [0.15, 0.2) is 71.8 Å². The molecule has 4 aromatic rings. The standard InChI is InChI=1S/2C27H35.C2H7Si.2ClH.Zr/c2*1-9-10-19-13-20-12-11-18(2)25(24(20)14-19)21-15-22(26(3,4)5)17-23(16-21)27(6,7)8;1-3-2;;;/h2*11-17H,9-10H2,1-8H3;3H,1-2H3;2*1H;/q;;;;;+2/p-2. The fraction of sp³-hybridized carbons (Fsp3) is 0.500. The second kappa shape index (κ2) is 16.2. The normalized spacial score (nSPS) is 18.0. The van der Waals surface area contributed by atoms with Crippen LogP contribution in [0.25, 0.3) is 34.4 Å². The Hall–Kier alpha value is -1.96. The quantitative estimate of drug-likeness (QED) is 0.147. The summed E-state index contributed by atoms with van der Waals surface area (Å²) in [4.78, 5) is 0. The summed E-state index contributed by atoms with van der Waals surface area (Å²) in [6.45, 7) is 42.4. The predicted octanol–water partition coefficient (Wildman–Crippen LogP) is 18.0. The summed E-state index contributed by atoms with van der Waals surface area (Å²) in [6, 6.07) is 24.4. The van der Waals surface area contributed by atoms with E-state index in [0.717, 1.165) is 25.7 Å². The monoisotopic (exact) mass is 937 g/mol. The van der Waals surface area contributed by atoms with Crippen LogP contribution in [0.1, 0.15) is 186 Å². The minimum absolute atomic E-state index is 0.0240. The molecule has 0 aromatic heterocycles. The number of allylic oxidation sites excluding steroid dienone is 2.